The van der Waals surface area contributed by atoms with Crippen LogP contribution in [0.25, 0.3) is 6.08 Å². The van der Waals surface area contributed by atoms with Crippen LogP contribution >= 0.6 is 0 Å². The number of hydrogen-bond acceptors (Lipinski definition) is 6. The maximum Gasteiger partial charge on any atom is 0.293 e. The van der Waals surface area contributed by atoms with E-state index >= 15 is 0 Å². The van der Waals surface area contributed by atoms with E-state index in [0.717, 1.165) is 0 Å². The largest absolute Gasteiger partial charge is 0.378 e. The molecule has 2 aromatic carbocycles. The van der Waals surface area contributed by atoms with Gasteiger partial charge in [0.25, 0.3) is 11.6 Å². The molecule has 0 atom stereocenters. The molecule has 0 aliphatic carbocycles. The van der Waals surface area contributed by atoms with Crippen LogP contribution in [0.3, 0.4) is 0 Å². The van der Waals surface area contributed by atoms with Gasteiger partial charge in [-0.3, -0.25) is 14.9 Å². The lowest BCUT2D eigenvalue weighted by atomic mass is 10.1. The Morgan fingerprint density at radius 3 is 2.55 bits per heavy atom. The number of carbonyl (C=O) groups excluding carboxylic acids is 1. The van der Waals surface area contributed by atoms with Gasteiger partial charge in [0.2, 0.25) is 0 Å². The fourth-order valence-electron chi connectivity index (χ4n) is 3.44. The zero-order chi connectivity index (χ0) is 20.4. The van der Waals surface area contributed by atoms with Crippen molar-refractivity contribution < 1.29 is 14.5 Å². The number of anilines is 2. The summed E-state index contributed by atoms with van der Waals surface area (Å²) in [5, 5.41) is 17.3. The van der Waals surface area contributed by atoms with Crippen LogP contribution in [0.4, 0.5) is 17.1 Å². The van der Waals surface area contributed by atoms with Gasteiger partial charge in [0.1, 0.15) is 5.69 Å². The van der Waals surface area contributed by atoms with E-state index in [1.165, 1.54) is 11.1 Å². The fraction of sp³-hybridized carbons (Fsp3) is 0.238. The SMILES string of the molecule is CC1=NN(c2ccccc2)C(=O)/C1=C\c1ccc(N2CCOCC2)c([N+](=O)[O-])c1. The van der Waals surface area contributed by atoms with Gasteiger partial charge in [0.15, 0.2) is 0 Å². The summed E-state index contributed by atoms with van der Waals surface area (Å²) in [6, 6.07) is 14.2. The Hall–Kier alpha value is -3.52. The monoisotopic (exact) mass is 392 g/mol. The lowest BCUT2D eigenvalue weighted by Gasteiger charge is -2.28. The lowest BCUT2D eigenvalue weighted by molar-refractivity contribution is -0.384. The van der Waals surface area contributed by atoms with Crippen LogP contribution in [0.15, 0.2) is 59.2 Å². The molecule has 0 bridgehead atoms. The van der Waals surface area contributed by atoms with Gasteiger partial charge in [-0.1, -0.05) is 24.3 Å². The third kappa shape index (κ3) is 3.74. The van der Waals surface area contributed by atoms with Crippen molar-refractivity contribution in [3.63, 3.8) is 0 Å². The quantitative estimate of drug-likeness (QED) is 0.453. The topological polar surface area (TPSA) is 88.3 Å². The normalized spacial score (nSPS) is 18.3. The molecule has 0 radical (unpaired) electrons. The zero-order valence-electron chi connectivity index (χ0n) is 15.9. The fourth-order valence-corrected chi connectivity index (χ4v) is 3.44. The van der Waals surface area contributed by atoms with E-state index in [2.05, 4.69) is 5.10 Å². The Morgan fingerprint density at radius 2 is 1.86 bits per heavy atom. The number of carbonyl (C=O) groups is 1. The summed E-state index contributed by atoms with van der Waals surface area (Å²) in [7, 11) is 0. The predicted octanol–water partition coefficient (Wildman–Crippen LogP) is 3.24. The van der Waals surface area contributed by atoms with Crippen molar-refractivity contribution in [2.24, 2.45) is 5.10 Å². The van der Waals surface area contributed by atoms with Gasteiger partial charge >= 0.3 is 0 Å². The van der Waals surface area contributed by atoms with Gasteiger partial charge in [-0.25, -0.2) is 0 Å². The summed E-state index contributed by atoms with van der Waals surface area (Å²) in [5.74, 6) is -0.256. The van der Waals surface area contributed by atoms with E-state index in [-0.39, 0.29) is 16.5 Å². The Bertz CT molecular complexity index is 1010. The van der Waals surface area contributed by atoms with E-state index in [9.17, 15) is 14.9 Å². The molecular weight excluding hydrogens is 372 g/mol. The summed E-state index contributed by atoms with van der Waals surface area (Å²) in [5.41, 5.74) is 2.83. The molecule has 2 heterocycles. The summed E-state index contributed by atoms with van der Waals surface area (Å²) in [4.78, 5) is 26.0. The number of benzene rings is 2. The van der Waals surface area contributed by atoms with Crippen LogP contribution in [0.5, 0.6) is 0 Å². The van der Waals surface area contributed by atoms with E-state index < -0.39 is 0 Å². The molecule has 2 aromatic rings. The molecule has 1 amide bonds. The molecule has 8 nitrogen and oxygen atoms in total. The maximum absolute atomic E-state index is 12.8. The molecule has 2 aliphatic heterocycles. The number of nitrogens with zero attached hydrogens (tertiary/aromatic N) is 4. The van der Waals surface area contributed by atoms with E-state index in [4.69, 9.17) is 4.74 Å². The van der Waals surface area contributed by atoms with Crippen molar-refractivity contribution >= 4 is 34.8 Å². The minimum absolute atomic E-state index is 0.0150. The smallest absolute Gasteiger partial charge is 0.293 e. The molecule has 1 fully saturated rings. The van der Waals surface area contributed by atoms with Gasteiger partial charge in [-0.05, 0) is 36.8 Å². The Morgan fingerprint density at radius 1 is 1.14 bits per heavy atom. The van der Waals surface area contributed by atoms with Crippen LogP contribution in [-0.2, 0) is 9.53 Å². The molecular formula is C21H20N4O4. The molecule has 0 N–H and O–H groups in total. The predicted molar refractivity (Wildman–Crippen MR) is 111 cm³/mol. The van der Waals surface area contributed by atoms with Crippen molar-refractivity contribution in [3.05, 3.63) is 69.8 Å². The lowest BCUT2D eigenvalue weighted by Crippen LogP contribution is -2.36. The number of hydrazone groups is 1. The minimum atomic E-state index is -0.388. The molecule has 29 heavy (non-hydrogen) atoms. The molecule has 0 saturated carbocycles. The highest BCUT2D eigenvalue weighted by molar-refractivity contribution is 6.32. The highest BCUT2D eigenvalue weighted by atomic mass is 16.6. The van der Waals surface area contributed by atoms with E-state index in [0.29, 0.717) is 54.5 Å². The van der Waals surface area contributed by atoms with Crippen LogP contribution in [0, 0.1) is 10.1 Å². The summed E-state index contributed by atoms with van der Waals surface area (Å²) in [6.07, 6.45) is 1.65. The first-order valence-corrected chi connectivity index (χ1v) is 9.32. The van der Waals surface area contributed by atoms with Crippen molar-refractivity contribution in [1.82, 2.24) is 0 Å². The standard InChI is InChI=1S/C21H20N4O4/c1-15-18(21(26)24(22-15)17-5-3-2-4-6-17)13-16-7-8-19(20(14-16)25(27)28)23-9-11-29-12-10-23/h2-8,13-14H,9-12H2,1H3/b18-13-. The van der Waals surface area contributed by atoms with Crippen LogP contribution < -0.4 is 9.91 Å². The summed E-state index contributed by atoms with van der Waals surface area (Å²) in [6.45, 7) is 4.06. The van der Waals surface area contributed by atoms with Crippen molar-refractivity contribution in [2.75, 3.05) is 36.2 Å². The van der Waals surface area contributed by atoms with E-state index in [1.54, 1.807) is 37.3 Å². The molecule has 0 unspecified atom stereocenters. The Labute approximate surface area is 167 Å². The van der Waals surface area contributed by atoms with Gasteiger partial charge in [-0.15, -0.1) is 0 Å². The second kappa shape index (κ2) is 7.84. The molecule has 1 saturated heterocycles. The van der Waals surface area contributed by atoms with Crippen LogP contribution in [0.1, 0.15) is 12.5 Å². The van der Waals surface area contributed by atoms with Crippen molar-refractivity contribution in [2.45, 2.75) is 6.92 Å². The Balaban J connectivity index is 1.66. The van der Waals surface area contributed by atoms with Crippen molar-refractivity contribution in [3.8, 4) is 0 Å². The Kier molecular flexibility index (Phi) is 5.09. The number of amides is 1. The summed E-state index contributed by atoms with van der Waals surface area (Å²) >= 11 is 0. The number of morpholine rings is 1. The zero-order valence-corrected chi connectivity index (χ0v) is 15.9. The highest BCUT2D eigenvalue weighted by Crippen LogP contribution is 2.31. The number of hydrogen-bond donors (Lipinski definition) is 0. The number of para-hydroxylation sites is 1. The number of nitro groups is 1. The first kappa shape index (κ1) is 18.8. The average Bonchev–Trinajstić information content (AvgIpc) is 3.03. The molecule has 0 aromatic heterocycles. The van der Waals surface area contributed by atoms with Gasteiger partial charge in [0.05, 0.1) is 35.1 Å². The molecule has 2 aliphatic rings. The van der Waals surface area contributed by atoms with Gasteiger partial charge in [0, 0.05) is 19.2 Å². The molecule has 4 rings (SSSR count). The first-order valence-electron chi connectivity index (χ1n) is 9.32. The van der Waals surface area contributed by atoms with E-state index in [1.807, 2.05) is 23.1 Å². The summed E-state index contributed by atoms with van der Waals surface area (Å²) < 4.78 is 5.33. The molecule has 0 spiro atoms. The van der Waals surface area contributed by atoms with Gasteiger partial charge in [-0.2, -0.15) is 10.1 Å². The number of ether oxygens (including phenoxy) is 1. The number of nitro benzene ring substituents is 1. The van der Waals surface area contributed by atoms with Crippen LogP contribution in [0.2, 0.25) is 0 Å². The number of rotatable bonds is 4. The minimum Gasteiger partial charge on any atom is -0.378 e. The first-order chi connectivity index (χ1) is 14.0. The molecule has 8 heteroatoms. The average molecular weight is 392 g/mol. The highest BCUT2D eigenvalue weighted by Gasteiger charge is 2.29. The van der Waals surface area contributed by atoms with Gasteiger partial charge < -0.3 is 9.64 Å². The van der Waals surface area contributed by atoms with Crippen LogP contribution in [-0.4, -0.2) is 42.8 Å². The second-order valence-corrected chi connectivity index (χ2v) is 6.80. The maximum atomic E-state index is 12.8. The third-order valence-corrected chi connectivity index (χ3v) is 4.92. The van der Waals surface area contributed by atoms with Crippen molar-refractivity contribution in [1.29, 1.82) is 0 Å². The second-order valence-electron chi connectivity index (χ2n) is 6.80. The third-order valence-electron chi connectivity index (χ3n) is 4.92. The molecule has 148 valence electrons.